The first kappa shape index (κ1) is 17.8. The van der Waals surface area contributed by atoms with Crippen molar-refractivity contribution in [1.29, 1.82) is 5.26 Å². The first-order valence-electron chi connectivity index (χ1n) is 9.71. The van der Waals surface area contributed by atoms with Crippen molar-refractivity contribution in [1.82, 2.24) is 24.8 Å². The van der Waals surface area contributed by atoms with Crippen LogP contribution in [-0.4, -0.2) is 56.3 Å². The maximum absolute atomic E-state index is 12.5. The first-order valence-corrected chi connectivity index (χ1v) is 9.71. The number of carbonyl (C=O) groups excluding carboxylic acids is 1. The molecule has 2 aromatic heterocycles. The van der Waals surface area contributed by atoms with Gasteiger partial charge in [0.1, 0.15) is 6.07 Å². The number of carbonyl (C=O) groups is 1. The van der Waals surface area contributed by atoms with Gasteiger partial charge in [0.05, 0.1) is 11.9 Å². The molecule has 0 radical (unpaired) electrons. The summed E-state index contributed by atoms with van der Waals surface area (Å²) in [7, 11) is 0. The quantitative estimate of drug-likeness (QED) is 0.846. The van der Waals surface area contributed by atoms with Crippen molar-refractivity contribution in [3.05, 3.63) is 41.2 Å². The van der Waals surface area contributed by atoms with E-state index in [0.717, 1.165) is 68.1 Å². The third-order valence-corrected chi connectivity index (χ3v) is 5.99. The van der Waals surface area contributed by atoms with Crippen LogP contribution < -0.4 is 0 Å². The first-order chi connectivity index (χ1) is 13.1. The highest BCUT2D eigenvalue weighted by Gasteiger charge is 2.39. The minimum Gasteiger partial charge on any atom is -0.360 e. The number of nitrogens with one attached hydrogen (secondary N) is 2. The van der Waals surface area contributed by atoms with Crippen LogP contribution in [0.15, 0.2) is 18.6 Å². The van der Waals surface area contributed by atoms with Crippen molar-refractivity contribution >= 4 is 5.91 Å². The summed E-state index contributed by atoms with van der Waals surface area (Å²) in [5.74, 6) is 0.826. The molecule has 0 spiro atoms. The van der Waals surface area contributed by atoms with Gasteiger partial charge in [-0.05, 0) is 31.7 Å². The molecule has 0 unspecified atom stereocenters. The predicted molar refractivity (Wildman–Crippen MR) is 101 cm³/mol. The van der Waals surface area contributed by atoms with E-state index >= 15 is 0 Å². The second kappa shape index (κ2) is 7.57. The molecule has 2 fully saturated rings. The third-order valence-electron chi connectivity index (χ3n) is 5.99. The lowest BCUT2D eigenvalue weighted by Crippen LogP contribution is -2.56. The molecule has 2 aromatic rings. The average Bonchev–Trinajstić information content (AvgIpc) is 3.30. The predicted octanol–water partition coefficient (Wildman–Crippen LogP) is 1.97. The molecule has 142 valence electrons. The van der Waals surface area contributed by atoms with Gasteiger partial charge < -0.3 is 14.9 Å². The number of hydrogen-bond acceptors (Lipinski definition) is 4. The van der Waals surface area contributed by atoms with Crippen LogP contribution in [0.25, 0.3) is 0 Å². The van der Waals surface area contributed by atoms with Crippen molar-refractivity contribution in [3.63, 3.8) is 0 Å². The Hall–Kier alpha value is -2.59. The van der Waals surface area contributed by atoms with E-state index in [2.05, 4.69) is 30.8 Å². The Bertz CT molecular complexity index is 833. The molecule has 0 saturated carbocycles. The zero-order valence-corrected chi connectivity index (χ0v) is 15.7. The highest BCUT2D eigenvalue weighted by atomic mass is 16.2. The molecule has 4 heterocycles. The Morgan fingerprint density at radius 3 is 3.00 bits per heavy atom. The minimum atomic E-state index is 0.294. The molecule has 0 aliphatic carbocycles. The fourth-order valence-electron chi connectivity index (χ4n) is 4.59. The van der Waals surface area contributed by atoms with E-state index in [0.29, 0.717) is 24.3 Å². The number of fused-ring (bicyclic) bond motifs is 1. The monoisotopic (exact) mass is 366 g/mol. The summed E-state index contributed by atoms with van der Waals surface area (Å²) in [6.07, 6.45) is 7.00. The number of nitrogens with zero attached hydrogens (tertiary/aromatic N) is 4. The normalized spacial score (nSPS) is 23.3. The van der Waals surface area contributed by atoms with E-state index in [1.165, 1.54) is 0 Å². The highest BCUT2D eigenvalue weighted by molar-refractivity contribution is 5.77. The zero-order chi connectivity index (χ0) is 18.8. The molecule has 2 saturated heterocycles. The SMILES string of the molecule is Cc1[nH]c(CN2CC[C@@H]3[C@@H](CCC(=O)N3CCc3cnc[nH]3)C2)cc1C#N. The van der Waals surface area contributed by atoms with E-state index in [1.807, 2.05) is 19.2 Å². The maximum atomic E-state index is 12.5. The van der Waals surface area contributed by atoms with E-state index in [4.69, 9.17) is 5.26 Å². The van der Waals surface area contributed by atoms with Crippen molar-refractivity contribution in [2.45, 2.75) is 45.2 Å². The zero-order valence-electron chi connectivity index (χ0n) is 15.7. The number of imidazole rings is 1. The second-order valence-corrected chi connectivity index (χ2v) is 7.75. The van der Waals surface area contributed by atoms with Crippen LogP contribution in [0, 0.1) is 24.2 Å². The summed E-state index contributed by atoms with van der Waals surface area (Å²) < 4.78 is 0. The molecule has 0 aromatic carbocycles. The maximum Gasteiger partial charge on any atom is 0.222 e. The number of aryl methyl sites for hydroxylation is 1. The van der Waals surface area contributed by atoms with Crippen molar-refractivity contribution in [3.8, 4) is 6.07 Å². The largest absolute Gasteiger partial charge is 0.360 e. The Morgan fingerprint density at radius 2 is 2.26 bits per heavy atom. The van der Waals surface area contributed by atoms with Crippen LogP contribution >= 0.6 is 0 Å². The van der Waals surface area contributed by atoms with Crippen LogP contribution in [0.3, 0.4) is 0 Å². The molecule has 27 heavy (non-hydrogen) atoms. The fraction of sp³-hybridized carbons (Fsp3) is 0.550. The van der Waals surface area contributed by atoms with Gasteiger partial charge in [0.2, 0.25) is 5.91 Å². The summed E-state index contributed by atoms with van der Waals surface area (Å²) in [5, 5.41) is 9.14. The van der Waals surface area contributed by atoms with Gasteiger partial charge in [0, 0.05) is 68.3 Å². The second-order valence-electron chi connectivity index (χ2n) is 7.75. The number of aromatic nitrogens is 3. The van der Waals surface area contributed by atoms with Crippen LogP contribution in [0.5, 0.6) is 0 Å². The number of hydrogen-bond donors (Lipinski definition) is 2. The molecule has 2 N–H and O–H groups in total. The smallest absolute Gasteiger partial charge is 0.222 e. The third kappa shape index (κ3) is 3.76. The van der Waals surface area contributed by atoms with Crippen LogP contribution in [-0.2, 0) is 17.8 Å². The molecule has 2 atom stereocenters. The Morgan fingerprint density at radius 1 is 1.37 bits per heavy atom. The Kier molecular flexibility index (Phi) is 4.99. The minimum absolute atomic E-state index is 0.294. The summed E-state index contributed by atoms with van der Waals surface area (Å²) in [6, 6.07) is 4.55. The molecule has 2 aliphatic rings. The molecular weight excluding hydrogens is 340 g/mol. The standard InChI is InChI=1S/C20H26N6O/c1-14-16(9-21)8-18(24-14)12-25-6-5-19-15(11-25)2-3-20(27)26(19)7-4-17-10-22-13-23-17/h8,10,13,15,19,24H,2-7,11-12H2,1H3,(H,22,23)/t15-,19+/m0/s1. The van der Waals surface area contributed by atoms with Crippen LogP contribution in [0.4, 0.5) is 0 Å². The number of likely N-dealkylation sites (tertiary alicyclic amines) is 2. The van der Waals surface area contributed by atoms with Gasteiger partial charge in [0.25, 0.3) is 0 Å². The molecule has 2 aliphatic heterocycles. The molecular formula is C20H26N6O. The lowest BCUT2D eigenvalue weighted by Gasteiger charge is -2.47. The molecule has 1 amide bonds. The average molecular weight is 366 g/mol. The number of aromatic amines is 2. The van der Waals surface area contributed by atoms with Gasteiger partial charge in [-0.3, -0.25) is 9.69 Å². The van der Waals surface area contributed by atoms with E-state index in [9.17, 15) is 4.79 Å². The van der Waals surface area contributed by atoms with E-state index < -0.39 is 0 Å². The number of nitriles is 1. The lowest BCUT2D eigenvalue weighted by molar-refractivity contribution is -0.141. The summed E-state index contributed by atoms with van der Waals surface area (Å²) in [4.78, 5) is 27.6. The molecule has 7 heteroatoms. The van der Waals surface area contributed by atoms with Crippen LogP contribution in [0.2, 0.25) is 0 Å². The Labute approximate surface area is 159 Å². The summed E-state index contributed by atoms with van der Waals surface area (Å²) in [6.45, 7) is 5.55. The number of rotatable bonds is 5. The summed E-state index contributed by atoms with van der Waals surface area (Å²) >= 11 is 0. The number of amides is 1. The van der Waals surface area contributed by atoms with Crippen molar-refractivity contribution in [2.75, 3.05) is 19.6 Å². The lowest BCUT2D eigenvalue weighted by atomic mass is 9.83. The molecule has 7 nitrogen and oxygen atoms in total. The van der Waals surface area contributed by atoms with Gasteiger partial charge in [-0.25, -0.2) is 4.98 Å². The Balaban J connectivity index is 1.38. The van der Waals surface area contributed by atoms with Crippen molar-refractivity contribution < 1.29 is 4.79 Å². The molecule has 0 bridgehead atoms. The van der Waals surface area contributed by atoms with Gasteiger partial charge in [-0.1, -0.05) is 0 Å². The highest BCUT2D eigenvalue weighted by Crippen LogP contribution is 2.32. The fourth-order valence-corrected chi connectivity index (χ4v) is 4.59. The van der Waals surface area contributed by atoms with E-state index in [1.54, 1.807) is 6.33 Å². The van der Waals surface area contributed by atoms with Crippen LogP contribution in [0.1, 0.15) is 41.9 Å². The van der Waals surface area contributed by atoms with E-state index in [-0.39, 0.29) is 0 Å². The van der Waals surface area contributed by atoms with Gasteiger partial charge >= 0.3 is 0 Å². The van der Waals surface area contributed by atoms with Gasteiger partial charge in [-0.15, -0.1) is 0 Å². The molecule has 4 rings (SSSR count). The van der Waals surface area contributed by atoms with Gasteiger partial charge in [0.15, 0.2) is 0 Å². The van der Waals surface area contributed by atoms with Gasteiger partial charge in [-0.2, -0.15) is 5.26 Å². The number of H-pyrrole nitrogens is 2. The topological polar surface area (TPSA) is 91.8 Å². The van der Waals surface area contributed by atoms with Crippen molar-refractivity contribution in [2.24, 2.45) is 5.92 Å². The number of piperidine rings is 2. The summed E-state index contributed by atoms with van der Waals surface area (Å²) in [5.41, 5.74) is 3.85.